The van der Waals surface area contributed by atoms with Crippen LogP contribution in [0.25, 0.3) is 23.3 Å². The molecule has 2 amide bonds. The number of halogens is 2. The lowest BCUT2D eigenvalue weighted by Gasteiger charge is -2.12. The van der Waals surface area contributed by atoms with Crippen LogP contribution in [-0.4, -0.2) is 46.2 Å². The molecule has 0 radical (unpaired) electrons. The van der Waals surface area contributed by atoms with Gasteiger partial charge in [0.05, 0.1) is 21.2 Å². The topological polar surface area (TPSA) is 201 Å². The van der Waals surface area contributed by atoms with Gasteiger partial charge in [-0.3, -0.25) is 18.7 Å². The highest BCUT2D eigenvalue weighted by molar-refractivity contribution is 9.10. The van der Waals surface area contributed by atoms with Crippen molar-refractivity contribution in [2.24, 2.45) is 0 Å². The summed E-state index contributed by atoms with van der Waals surface area (Å²) in [6.07, 6.45) is 4.95. The molecule has 0 fully saturated rings. The van der Waals surface area contributed by atoms with Gasteiger partial charge in [0.1, 0.15) is 9.79 Å². The lowest BCUT2D eigenvalue weighted by Crippen LogP contribution is -2.13. The molecule has 242 valence electrons. The predicted molar refractivity (Wildman–Crippen MR) is 181 cm³/mol. The van der Waals surface area contributed by atoms with Gasteiger partial charge >= 0.3 is 0 Å². The number of amides is 2. The maximum Gasteiger partial charge on any atom is 0.296 e. The van der Waals surface area contributed by atoms with E-state index in [0.29, 0.717) is 11.1 Å². The van der Waals surface area contributed by atoms with E-state index in [1.807, 2.05) is 0 Å². The number of fused-ring (bicyclic) bond motifs is 3. The Morgan fingerprint density at radius 2 is 0.957 bits per heavy atom. The standard InChI is InChI=1S/C30H20Br2N2O10S3/c31-19-7-1-17(2-8-19)5-11-29(35)33-23-15-25-21(13-27(23)46(39,40)41)22-14-28(47(42,43)44)24(16-26(22)45(25,37)38)34-30(36)12-6-18-3-9-20(32)10-4-18/h1-16H,(H,33,35)(H,34,36)(H,39,40,41)(H,42,43,44)/b11-5+,12-6+. The molecule has 0 aromatic heterocycles. The fourth-order valence-electron chi connectivity index (χ4n) is 4.57. The Labute approximate surface area is 285 Å². The summed E-state index contributed by atoms with van der Waals surface area (Å²) in [4.78, 5) is 22.6. The third kappa shape index (κ3) is 7.62. The van der Waals surface area contributed by atoms with Gasteiger partial charge in [-0.05, 0) is 71.8 Å². The summed E-state index contributed by atoms with van der Waals surface area (Å²) >= 11 is 6.57. The molecule has 1 aliphatic rings. The third-order valence-electron chi connectivity index (χ3n) is 6.70. The molecular formula is C30H20Br2N2O10S3. The molecule has 0 unspecified atom stereocenters. The Hall–Kier alpha value is -3.97. The minimum Gasteiger partial charge on any atom is -0.321 e. The second kappa shape index (κ2) is 12.9. The first-order valence-corrected chi connectivity index (χ1v) is 18.9. The molecule has 1 aliphatic heterocycles. The zero-order chi connectivity index (χ0) is 34.3. The van der Waals surface area contributed by atoms with E-state index in [-0.39, 0.29) is 11.1 Å². The van der Waals surface area contributed by atoms with Gasteiger partial charge in [-0.2, -0.15) is 16.8 Å². The average Bonchev–Trinajstić information content (AvgIpc) is 3.20. The highest BCUT2D eigenvalue weighted by Gasteiger charge is 2.38. The predicted octanol–water partition coefficient (Wildman–Crippen LogP) is 5.82. The maximum atomic E-state index is 13.7. The molecule has 0 atom stereocenters. The monoisotopic (exact) mass is 822 g/mol. The van der Waals surface area contributed by atoms with Crippen molar-refractivity contribution in [3.05, 3.63) is 105 Å². The number of nitrogens with one attached hydrogen (secondary N) is 2. The lowest BCUT2D eigenvalue weighted by atomic mass is 10.0. The molecule has 1 heterocycles. The number of benzene rings is 4. The van der Waals surface area contributed by atoms with E-state index >= 15 is 0 Å². The van der Waals surface area contributed by atoms with Gasteiger partial charge in [0.25, 0.3) is 20.2 Å². The summed E-state index contributed by atoms with van der Waals surface area (Å²) in [5, 5.41) is 4.51. The van der Waals surface area contributed by atoms with Gasteiger partial charge in [-0.25, -0.2) is 8.42 Å². The average molecular weight is 825 g/mol. The van der Waals surface area contributed by atoms with Crippen molar-refractivity contribution in [1.82, 2.24) is 0 Å². The molecule has 17 heteroatoms. The fourth-order valence-corrected chi connectivity index (χ4v) is 8.10. The SMILES string of the molecule is O=C(/C=C/c1ccc(Br)cc1)Nc1cc2c(cc1S(=O)(=O)O)-c1cc(S(=O)(=O)O)c(NC(=O)/C=C/c3ccc(Br)cc3)cc1S2(=O)=O. The Morgan fingerprint density at radius 1 is 0.617 bits per heavy atom. The van der Waals surface area contributed by atoms with Crippen LogP contribution < -0.4 is 10.6 Å². The van der Waals surface area contributed by atoms with Crippen LogP contribution >= 0.6 is 31.9 Å². The van der Waals surface area contributed by atoms with Gasteiger partial charge in [0, 0.05) is 32.2 Å². The second-order valence-electron chi connectivity index (χ2n) is 9.89. The van der Waals surface area contributed by atoms with Crippen LogP contribution in [0.3, 0.4) is 0 Å². The van der Waals surface area contributed by atoms with Gasteiger partial charge < -0.3 is 10.6 Å². The van der Waals surface area contributed by atoms with Crippen molar-refractivity contribution < 1.29 is 43.9 Å². The van der Waals surface area contributed by atoms with E-state index in [1.165, 1.54) is 12.2 Å². The maximum absolute atomic E-state index is 13.7. The molecule has 5 rings (SSSR count). The molecule has 0 spiro atoms. The van der Waals surface area contributed by atoms with E-state index in [0.717, 1.165) is 45.4 Å². The van der Waals surface area contributed by atoms with Crippen molar-refractivity contribution in [3.8, 4) is 11.1 Å². The first kappa shape index (κ1) is 34.4. The number of hydrogen-bond acceptors (Lipinski definition) is 8. The van der Waals surface area contributed by atoms with Crippen LogP contribution in [0, 0.1) is 0 Å². The number of rotatable bonds is 8. The Balaban J connectivity index is 1.55. The van der Waals surface area contributed by atoms with E-state index in [2.05, 4.69) is 42.5 Å². The zero-order valence-corrected chi connectivity index (χ0v) is 29.0. The van der Waals surface area contributed by atoms with Crippen LogP contribution in [0.15, 0.2) is 113 Å². The summed E-state index contributed by atoms with van der Waals surface area (Å²) in [7, 11) is -14.7. The first-order chi connectivity index (χ1) is 21.9. The van der Waals surface area contributed by atoms with Crippen LogP contribution in [0.5, 0.6) is 0 Å². The van der Waals surface area contributed by atoms with Crippen LogP contribution in [0.1, 0.15) is 11.1 Å². The molecule has 4 aromatic rings. The van der Waals surface area contributed by atoms with Gasteiger partial charge in [0.15, 0.2) is 0 Å². The van der Waals surface area contributed by atoms with E-state index in [4.69, 9.17) is 0 Å². The number of carbonyl (C=O) groups is 2. The number of hydrogen-bond donors (Lipinski definition) is 4. The fraction of sp³-hybridized carbons (Fsp3) is 0. The highest BCUT2D eigenvalue weighted by atomic mass is 79.9. The summed E-state index contributed by atoms with van der Waals surface area (Å²) in [5.74, 6) is -1.72. The van der Waals surface area contributed by atoms with E-state index < -0.39 is 72.8 Å². The second-order valence-corrected chi connectivity index (χ2v) is 16.4. The number of sulfone groups is 1. The summed E-state index contributed by atoms with van der Waals surface area (Å²) in [6, 6.07) is 16.8. The van der Waals surface area contributed by atoms with E-state index in [9.17, 15) is 43.9 Å². The van der Waals surface area contributed by atoms with Gasteiger partial charge in [-0.1, -0.05) is 56.1 Å². The van der Waals surface area contributed by atoms with Crippen molar-refractivity contribution in [2.45, 2.75) is 19.6 Å². The third-order valence-corrected chi connectivity index (χ3v) is 11.4. The minimum atomic E-state index is -5.08. The smallest absolute Gasteiger partial charge is 0.296 e. The summed E-state index contributed by atoms with van der Waals surface area (Å²) in [5.41, 5.74) is -0.592. The van der Waals surface area contributed by atoms with Gasteiger partial charge in [-0.15, -0.1) is 0 Å². The molecule has 47 heavy (non-hydrogen) atoms. The first-order valence-electron chi connectivity index (χ1n) is 13.0. The van der Waals surface area contributed by atoms with Crippen LogP contribution in [0.2, 0.25) is 0 Å². The Morgan fingerprint density at radius 3 is 1.28 bits per heavy atom. The van der Waals surface area contributed by atoms with Crippen LogP contribution in [0.4, 0.5) is 11.4 Å². The van der Waals surface area contributed by atoms with E-state index in [1.54, 1.807) is 48.5 Å². The molecule has 0 aliphatic carbocycles. The molecule has 0 bridgehead atoms. The van der Waals surface area contributed by atoms with Crippen molar-refractivity contribution in [2.75, 3.05) is 10.6 Å². The molecular weight excluding hydrogens is 804 g/mol. The normalized spacial score (nSPS) is 13.8. The van der Waals surface area contributed by atoms with Crippen molar-refractivity contribution >= 4 is 97.3 Å². The molecule has 4 aromatic carbocycles. The number of anilines is 2. The summed E-state index contributed by atoms with van der Waals surface area (Å²) in [6.45, 7) is 0. The Bertz CT molecular complexity index is 2190. The largest absolute Gasteiger partial charge is 0.321 e. The van der Waals surface area contributed by atoms with Crippen molar-refractivity contribution in [1.29, 1.82) is 0 Å². The molecule has 12 nitrogen and oxygen atoms in total. The minimum absolute atomic E-state index is 0.339. The lowest BCUT2D eigenvalue weighted by molar-refractivity contribution is -0.112. The Kier molecular flexibility index (Phi) is 9.44. The zero-order valence-electron chi connectivity index (χ0n) is 23.4. The van der Waals surface area contributed by atoms with Gasteiger partial charge in [0.2, 0.25) is 21.7 Å². The van der Waals surface area contributed by atoms with Crippen LogP contribution in [-0.2, 0) is 39.7 Å². The summed E-state index contributed by atoms with van der Waals surface area (Å²) < 4.78 is 98.2. The highest BCUT2D eigenvalue weighted by Crippen LogP contribution is 2.48. The quantitative estimate of drug-likeness (QED) is 0.109. The molecule has 0 saturated carbocycles. The molecule has 0 saturated heterocycles. The number of carbonyl (C=O) groups excluding carboxylic acids is 2. The molecule has 4 N–H and O–H groups in total. The van der Waals surface area contributed by atoms with Crippen molar-refractivity contribution in [3.63, 3.8) is 0 Å².